The van der Waals surface area contributed by atoms with Gasteiger partial charge >= 0.3 is 0 Å². The molecule has 0 unspecified atom stereocenters. The molecule has 1 saturated heterocycles. The average Bonchev–Trinajstić information content (AvgIpc) is 2.98. The Balaban J connectivity index is 1.83. The molecule has 2 N–H and O–H groups in total. The maximum absolute atomic E-state index is 6.13. The number of halogens is 1. The number of hydrogen-bond acceptors (Lipinski definition) is 2. The lowest BCUT2D eigenvalue weighted by atomic mass is 9.78. The molecule has 0 spiro atoms. The minimum Gasteiger partial charge on any atom is -0.330 e. The summed E-state index contributed by atoms with van der Waals surface area (Å²) >= 11 is 3.84. The van der Waals surface area contributed by atoms with Crippen LogP contribution in [0, 0.1) is 0 Å². The Morgan fingerprint density at radius 2 is 1.90 bits per heavy atom. The van der Waals surface area contributed by atoms with Gasteiger partial charge < -0.3 is 10.6 Å². The lowest BCUT2D eigenvalue weighted by molar-refractivity contribution is 0.255. The van der Waals surface area contributed by atoms with Crippen molar-refractivity contribution in [1.29, 1.82) is 0 Å². The smallest absolute Gasteiger partial charge is 0.0213 e. The number of hydrogen-bond donors (Lipinski definition) is 1. The lowest BCUT2D eigenvalue weighted by Gasteiger charge is -2.32. The van der Waals surface area contributed by atoms with Gasteiger partial charge in [-0.2, -0.15) is 0 Å². The first-order valence-electron chi connectivity index (χ1n) is 8.33. The molecular weight excluding hydrogens is 324 g/mol. The molecule has 2 fully saturated rings. The van der Waals surface area contributed by atoms with Crippen molar-refractivity contribution in [2.24, 2.45) is 5.73 Å². The van der Waals surface area contributed by atoms with Gasteiger partial charge in [0.1, 0.15) is 0 Å². The van der Waals surface area contributed by atoms with Crippen LogP contribution in [0.1, 0.15) is 55.6 Å². The van der Waals surface area contributed by atoms with Crippen molar-refractivity contribution in [3.63, 3.8) is 0 Å². The quantitative estimate of drug-likeness (QED) is 0.891. The third kappa shape index (κ3) is 3.06. The summed E-state index contributed by atoms with van der Waals surface area (Å²) in [5.41, 5.74) is 9.32. The maximum atomic E-state index is 6.13. The van der Waals surface area contributed by atoms with Gasteiger partial charge in [0, 0.05) is 16.4 Å². The fraction of sp³-hybridized carbons (Fsp3) is 0.667. The molecule has 0 bridgehead atoms. The van der Waals surface area contributed by atoms with Crippen molar-refractivity contribution < 1.29 is 0 Å². The Bertz CT molecular complexity index is 486. The molecule has 1 aliphatic heterocycles. The Kier molecular flexibility index (Phi) is 4.72. The molecule has 116 valence electrons. The van der Waals surface area contributed by atoms with Crippen LogP contribution in [0.3, 0.4) is 0 Å². The van der Waals surface area contributed by atoms with Gasteiger partial charge in [0.2, 0.25) is 0 Å². The minimum atomic E-state index is 0.244. The molecule has 1 aromatic carbocycles. The SMILES string of the molecule is CN1CCC(c2ccc(C3(CN)CCCC3)cc2Br)CC1. The Labute approximate surface area is 137 Å². The van der Waals surface area contributed by atoms with Crippen LogP contribution in [0.5, 0.6) is 0 Å². The van der Waals surface area contributed by atoms with Crippen LogP contribution in [0.25, 0.3) is 0 Å². The van der Waals surface area contributed by atoms with Crippen molar-refractivity contribution >= 4 is 15.9 Å². The molecule has 0 aromatic heterocycles. The Morgan fingerprint density at radius 1 is 1.24 bits per heavy atom. The second-order valence-corrected chi connectivity index (χ2v) is 7.86. The van der Waals surface area contributed by atoms with Crippen molar-refractivity contribution in [2.75, 3.05) is 26.7 Å². The van der Waals surface area contributed by atoms with Gasteiger partial charge in [0.15, 0.2) is 0 Å². The molecule has 3 heteroatoms. The van der Waals surface area contributed by atoms with Gasteiger partial charge in [-0.15, -0.1) is 0 Å². The summed E-state index contributed by atoms with van der Waals surface area (Å²) in [6, 6.07) is 7.09. The third-order valence-electron chi connectivity index (χ3n) is 5.72. The Morgan fingerprint density at radius 3 is 2.48 bits per heavy atom. The first-order valence-corrected chi connectivity index (χ1v) is 9.12. The zero-order valence-electron chi connectivity index (χ0n) is 13.1. The van der Waals surface area contributed by atoms with E-state index in [1.807, 2.05) is 0 Å². The summed E-state index contributed by atoms with van der Waals surface area (Å²) in [5.74, 6) is 0.710. The summed E-state index contributed by atoms with van der Waals surface area (Å²) in [5, 5.41) is 0. The molecule has 1 heterocycles. The molecule has 2 aliphatic rings. The van der Waals surface area contributed by atoms with Gasteiger partial charge in [-0.05, 0) is 68.9 Å². The number of benzene rings is 1. The molecule has 3 rings (SSSR count). The molecule has 0 amide bonds. The molecule has 21 heavy (non-hydrogen) atoms. The normalized spacial score (nSPS) is 23.6. The summed E-state index contributed by atoms with van der Waals surface area (Å²) in [6.07, 6.45) is 7.71. The number of likely N-dealkylation sites (tertiary alicyclic amines) is 1. The predicted molar refractivity (Wildman–Crippen MR) is 92.8 cm³/mol. The van der Waals surface area contributed by atoms with E-state index in [1.54, 1.807) is 0 Å². The Hall–Kier alpha value is -0.380. The van der Waals surface area contributed by atoms with E-state index in [2.05, 4.69) is 46.1 Å². The van der Waals surface area contributed by atoms with Gasteiger partial charge in [0.05, 0.1) is 0 Å². The van der Waals surface area contributed by atoms with Gasteiger partial charge in [-0.3, -0.25) is 0 Å². The van der Waals surface area contributed by atoms with Gasteiger partial charge in [-0.25, -0.2) is 0 Å². The maximum Gasteiger partial charge on any atom is 0.0213 e. The second kappa shape index (κ2) is 6.39. The largest absolute Gasteiger partial charge is 0.330 e. The molecule has 0 radical (unpaired) electrons. The van der Waals surface area contributed by atoms with Crippen LogP contribution in [0.4, 0.5) is 0 Å². The number of rotatable bonds is 3. The van der Waals surface area contributed by atoms with E-state index in [1.165, 1.54) is 67.2 Å². The van der Waals surface area contributed by atoms with E-state index >= 15 is 0 Å². The van der Waals surface area contributed by atoms with Gasteiger partial charge in [-0.1, -0.05) is 40.9 Å². The monoisotopic (exact) mass is 350 g/mol. The molecule has 1 aromatic rings. The van der Waals surface area contributed by atoms with Crippen molar-refractivity contribution in [3.05, 3.63) is 33.8 Å². The highest BCUT2D eigenvalue weighted by atomic mass is 79.9. The summed E-state index contributed by atoms with van der Waals surface area (Å²) in [6.45, 7) is 3.21. The van der Waals surface area contributed by atoms with E-state index in [4.69, 9.17) is 5.73 Å². The van der Waals surface area contributed by atoms with E-state index < -0.39 is 0 Å². The van der Waals surface area contributed by atoms with Crippen LogP contribution in [-0.4, -0.2) is 31.6 Å². The molecule has 2 nitrogen and oxygen atoms in total. The van der Waals surface area contributed by atoms with Crippen LogP contribution < -0.4 is 5.73 Å². The van der Waals surface area contributed by atoms with Crippen LogP contribution in [0.2, 0.25) is 0 Å². The number of nitrogens with two attached hydrogens (primary N) is 1. The molecular formula is C18H27BrN2. The van der Waals surface area contributed by atoms with E-state index in [0.29, 0.717) is 5.92 Å². The zero-order valence-corrected chi connectivity index (χ0v) is 14.7. The van der Waals surface area contributed by atoms with Crippen molar-refractivity contribution in [1.82, 2.24) is 4.90 Å². The third-order valence-corrected chi connectivity index (χ3v) is 6.41. The number of nitrogens with zero attached hydrogens (tertiary/aromatic N) is 1. The van der Waals surface area contributed by atoms with Crippen molar-refractivity contribution in [3.8, 4) is 0 Å². The highest BCUT2D eigenvalue weighted by molar-refractivity contribution is 9.10. The average molecular weight is 351 g/mol. The first kappa shape index (κ1) is 15.5. The fourth-order valence-electron chi connectivity index (χ4n) is 4.17. The highest BCUT2D eigenvalue weighted by Crippen LogP contribution is 2.42. The second-order valence-electron chi connectivity index (χ2n) is 7.01. The summed E-state index contributed by atoms with van der Waals surface area (Å²) < 4.78 is 1.30. The minimum absolute atomic E-state index is 0.244. The highest BCUT2D eigenvalue weighted by Gasteiger charge is 2.34. The van der Waals surface area contributed by atoms with Crippen LogP contribution in [-0.2, 0) is 5.41 Å². The first-order chi connectivity index (χ1) is 10.1. The van der Waals surface area contributed by atoms with E-state index in [-0.39, 0.29) is 5.41 Å². The summed E-state index contributed by atoms with van der Waals surface area (Å²) in [7, 11) is 2.22. The fourth-order valence-corrected chi connectivity index (χ4v) is 4.87. The summed E-state index contributed by atoms with van der Waals surface area (Å²) in [4.78, 5) is 2.43. The van der Waals surface area contributed by atoms with Crippen LogP contribution in [0.15, 0.2) is 22.7 Å². The number of piperidine rings is 1. The lowest BCUT2D eigenvalue weighted by Crippen LogP contribution is -2.32. The van der Waals surface area contributed by atoms with Crippen molar-refractivity contribution in [2.45, 2.75) is 49.9 Å². The molecule has 1 aliphatic carbocycles. The topological polar surface area (TPSA) is 29.3 Å². The zero-order chi connectivity index (χ0) is 14.9. The predicted octanol–water partition coefficient (Wildman–Crippen LogP) is 4.03. The van der Waals surface area contributed by atoms with Gasteiger partial charge in [0.25, 0.3) is 0 Å². The molecule has 1 saturated carbocycles. The van der Waals surface area contributed by atoms with E-state index in [0.717, 1.165) is 6.54 Å². The molecule has 0 atom stereocenters. The van der Waals surface area contributed by atoms with E-state index in [9.17, 15) is 0 Å². The van der Waals surface area contributed by atoms with Crippen LogP contribution >= 0.6 is 15.9 Å². The standard InChI is InChI=1S/C18H27BrN2/c1-21-10-6-14(7-11-21)16-5-4-15(12-17(16)19)18(13-20)8-2-3-9-18/h4-5,12,14H,2-3,6-11,13,20H2,1H3.